The van der Waals surface area contributed by atoms with Crippen molar-refractivity contribution in [1.82, 2.24) is 4.98 Å². The minimum Gasteiger partial charge on any atom is -0.511 e. The van der Waals surface area contributed by atoms with Gasteiger partial charge in [0.05, 0.1) is 5.57 Å². The van der Waals surface area contributed by atoms with E-state index in [1.54, 1.807) is 6.20 Å². The van der Waals surface area contributed by atoms with Gasteiger partial charge in [0.1, 0.15) is 10.9 Å². The molecule has 1 fully saturated rings. The summed E-state index contributed by atoms with van der Waals surface area (Å²) in [6, 6.07) is 1.85. The van der Waals surface area contributed by atoms with E-state index in [0.717, 1.165) is 52.4 Å². The third-order valence-corrected chi connectivity index (χ3v) is 7.08. The van der Waals surface area contributed by atoms with Crippen LogP contribution in [0, 0.1) is 21.3 Å². The Balaban J connectivity index is 1.80. The maximum absolute atomic E-state index is 13.0. The first-order chi connectivity index (χ1) is 12.5. The molecule has 1 aromatic rings. The zero-order chi connectivity index (χ0) is 18.4. The van der Waals surface area contributed by atoms with Gasteiger partial charge in [-0.1, -0.05) is 30.7 Å². The molecule has 4 rings (SSSR count). The standard InChI is InChI=1S/C21H21ClINO2/c1-2-11-3-4-12(16-10-24-18(22)9-17(16)23)8-15(11)19-20(25)13-5-6-14(7-13)21(19)26/h4,8-11,13-14,25H,2-3,5-7H2,1H3/t11?,13-,14+/m0/s1. The number of carbonyl (C=O) groups excluding carboxylic acids is 1. The lowest BCUT2D eigenvalue weighted by Crippen LogP contribution is -2.26. The highest BCUT2D eigenvalue weighted by molar-refractivity contribution is 14.1. The maximum Gasteiger partial charge on any atom is 0.169 e. The number of rotatable bonds is 3. The van der Waals surface area contributed by atoms with E-state index in [1.807, 2.05) is 6.07 Å². The fourth-order valence-corrected chi connectivity index (χ4v) is 5.59. The van der Waals surface area contributed by atoms with Crippen molar-refractivity contribution in [2.75, 3.05) is 0 Å². The molecule has 1 N–H and O–H groups in total. The second kappa shape index (κ2) is 7.12. The Morgan fingerprint density at radius 2 is 2.12 bits per heavy atom. The molecule has 0 amide bonds. The summed E-state index contributed by atoms with van der Waals surface area (Å²) in [5.41, 5.74) is 3.70. The molecule has 0 spiro atoms. The lowest BCUT2D eigenvalue weighted by atomic mass is 9.75. The molecule has 1 aromatic heterocycles. The normalized spacial score (nSPS) is 28.3. The topological polar surface area (TPSA) is 50.2 Å². The van der Waals surface area contributed by atoms with E-state index >= 15 is 0 Å². The molecule has 136 valence electrons. The van der Waals surface area contributed by atoms with Crippen LogP contribution in [-0.4, -0.2) is 15.9 Å². The number of pyridine rings is 1. The Labute approximate surface area is 172 Å². The fourth-order valence-electron chi connectivity index (χ4n) is 4.50. The summed E-state index contributed by atoms with van der Waals surface area (Å²) < 4.78 is 1.03. The highest BCUT2D eigenvalue weighted by Crippen LogP contribution is 2.47. The molecular formula is C21H21ClINO2. The fraction of sp³-hybridized carbons (Fsp3) is 0.429. The highest BCUT2D eigenvalue weighted by atomic mass is 127. The van der Waals surface area contributed by atoms with Gasteiger partial charge in [-0.25, -0.2) is 4.98 Å². The van der Waals surface area contributed by atoms with Gasteiger partial charge < -0.3 is 5.11 Å². The van der Waals surface area contributed by atoms with Crippen LogP contribution in [0.15, 0.2) is 41.3 Å². The van der Waals surface area contributed by atoms with Gasteiger partial charge in [0.2, 0.25) is 0 Å². The number of ketones is 1. The molecule has 3 aliphatic rings. The minimum atomic E-state index is 0.0935. The summed E-state index contributed by atoms with van der Waals surface area (Å²) in [6.45, 7) is 2.14. The number of hydrogen-bond acceptors (Lipinski definition) is 3. The predicted octanol–water partition coefficient (Wildman–Crippen LogP) is 5.89. The number of hydrogen-bond donors (Lipinski definition) is 1. The van der Waals surface area contributed by atoms with Crippen LogP contribution in [0.3, 0.4) is 0 Å². The lowest BCUT2D eigenvalue weighted by molar-refractivity contribution is -0.119. The molecule has 5 heteroatoms. The SMILES string of the molecule is CCC1CC=C(c2cnc(Cl)cc2I)C=C1C1=C(O)[C@H]2CC[C@H](C2)C1=O. The number of nitrogens with zero attached hydrogens (tertiary/aromatic N) is 1. The highest BCUT2D eigenvalue weighted by Gasteiger charge is 2.43. The molecule has 0 aromatic carbocycles. The smallest absolute Gasteiger partial charge is 0.169 e. The van der Waals surface area contributed by atoms with E-state index in [-0.39, 0.29) is 23.5 Å². The molecule has 3 nitrogen and oxygen atoms in total. The second-order valence-electron chi connectivity index (χ2n) is 7.42. The summed E-state index contributed by atoms with van der Waals surface area (Å²) in [7, 11) is 0. The molecule has 1 saturated carbocycles. The zero-order valence-electron chi connectivity index (χ0n) is 14.6. The van der Waals surface area contributed by atoms with Crippen LogP contribution in [0.1, 0.15) is 44.6 Å². The van der Waals surface area contributed by atoms with Gasteiger partial charge in [-0.15, -0.1) is 0 Å². The summed E-state index contributed by atoms with van der Waals surface area (Å²) in [5, 5.41) is 11.3. The van der Waals surface area contributed by atoms with Gasteiger partial charge >= 0.3 is 0 Å². The van der Waals surface area contributed by atoms with E-state index in [9.17, 15) is 9.90 Å². The zero-order valence-corrected chi connectivity index (χ0v) is 17.5. The van der Waals surface area contributed by atoms with Crippen LogP contribution in [0.2, 0.25) is 5.15 Å². The minimum absolute atomic E-state index is 0.0935. The van der Waals surface area contributed by atoms with Crippen molar-refractivity contribution < 1.29 is 9.90 Å². The van der Waals surface area contributed by atoms with Gasteiger partial charge in [-0.2, -0.15) is 0 Å². The number of Topliss-reactive ketones (excluding diaryl/α,β-unsaturated/α-hetero) is 1. The molecule has 0 radical (unpaired) electrons. The average Bonchev–Trinajstić information content (AvgIpc) is 3.07. The number of allylic oxidation sites excluding steroid dienone is 6. The Hall–Kier alpha value is -1.14. The Bertz CT molecular complexity index is 871. The number of aliphatic hydroxyl groups is 1. The van der Waals surface area contributed by atoms with Gasteiger partial charge in [-0.3, -0.25) is 4.79 Å². The molecule has 1 heterocycles. The summed E-state index contributed by atoms with van der Waals surface area (Å²) in [6.07, 6.45) is 10.6. The monoisotopic (exact) mass is 481 g/mol. The van der Waals surface area contributed by atoms with E-state index < -0.39 is 0 Å². The second-order valence-corrected chi connectivity index (χ2v) is 8.97. The largest absolute Gasteiger partial charge is 0.511 e. The molecule has 1 unspecified atom stereocenters. The van der Waals surface area contributed by atoms with Crippen molar-refractivity contribution in [2.45, 2.75) is 39.0 Å². The summed E-state index contributed by atoms with van der Waals surface area (Å²) in [5.74, 6) is 1.01. The number of halogens is 2. The van der Waals surface area contributed by atoms with Crippen LogP contribution < -0.4 is 0 Å². The Morgan fingerprint density at radius 1 is 1.35 bits per heavy atom. The third-order valence-electron chi connectivity index (χ3n) is 5.98. The first kappa shape index (κ1) is 18.2. The quantitative estimate of drug-likeness (QED) is 0.432. The predicted molar refractivity (Wildman–Crippen MR) is 112 cm³/mol. The first-order valence-electron chi connectivity index (χ1n) is 9.20. The average molecular weight is 482 g/mol. The summed E-state index contributed by atoms with van der Waals surface area (Å²) in [4.78, 5) is 17.2. The number of fused-ring (bicyclic) bond motifs is 2. The number of aromatic nitrogens is 1. The molecule has 0 aliphatic heterocycles. The van der Waals surface area contributed by atoms with Crippen LogP contribution in [0.4, 0.5) is 0 Å². The molecular weight excluding hydrogens is 461 g/mol. The van der Waals surface area contributed by atoms with E-state index in [0.29, 0.717) is 16.5 Å². The van der Waals surface area contributed by atoms with Crippen LogP contribution in [-0.2, 0) is 4.79 Å². The first-order valence-corrected chi connectivity index (χ1v) is 10.7. The molecule has 3 aliphatic carbocycles. The van der Waals surface area contributed by atoms with Crippen LogP contribution in [0.5, 0.6) is 0 Å². The Kier molecular flexibility index (Phi) is 4.99. The number of aliphatic hydroxyl groups excluding tert-OH is 1. The third kappa shape index (κ3) is 3.05. The van der Waals surface area contributed by atoms with Gasteiger partial charge in [0, 0.05) is 27.2 Å². The molecule has 26 heavy (non-hydrogen) atoms. The molecule has 3 atom stereocenters. The van der Waals surface area contributed by atoms with Crippen molar-refractivity contribution in [1.29, 1.82) is 0 Å². The van der Waals surface area contributed by atoms with Crippen LogP contribution in [0.25, 0.3) is 5.57 Å². The van der Waals surface area contributed by atoms with E-state index in [1.165, 1.54) is 0 Å². The van der Waals surface area contributed by atoms with Crippen molar-refractivity contribution in [3.63, 3.8) is 0 Å². The van der Waals surface area contributed by atoms with Crippen molar-refractivity contribution >= 4 is 45.5 Å². The Morgan fingerprint density at radius 3 is 2.85 bits per heavy atom. The van der Waals surface area contributed by atoms with Crippen molar-refractivity contribution in [3.8, 4) is 0 Å². The maximum atomic E-state index is 13.0. The van der Waals surface area contributed by atoms with Gasteiger partial charge in [-0.05, 0) is 77.8 Å². The van der Waals surface area contributed by atoms with Crippen molar-refractivity contribution in [3.05, 3.63) is 55.6 Å². The lowest BCUT2D eigenvalue weighted by Gasteiger charge is -2.29. The van der Waals surface area contributed by atoms with Crippen molar-refractivity contribution in [2.24, 2.45) is 17.8 Å². The molecule has 2 bridgehead atoms. The van der Waals surface area contributed by atoms with E-state index in [2.05, 4.69) is 46.7 Å². The van der Waals surface area contributed by atoms with Gasteiger partial charge in [0.25, 0.3) is 0 Å². The van der Waals surface area contributed by atoms with Crippen LogP contribution >= 0.6 is 34.2 Å². The number of carbonyl (C=O) groups is 1. The summed E-state index contributed by atoms with van der Waals surface area (Å²) >= 11 is 8.26. The van der Waals surface area contributed by atoms with E-state index in [4.69, 9.17) is 11.6 Å². The molecule has 0 saturated heterocycles. The van der Waals surface area contributed by atoms with Gasteiger partial charge in [0.15, 0.2) is 5.78 Å².